The third-order valence-electron chi connectivity index (χ3n) is 7.65. The van der Waals surface area contributed by atoms with Crippen LogP contribution in [0.3, 0.4) is 0 Å². The molecule has 0 aliphatic rings. The van der Waals surface area contributed by atoms with Crippen LogP contribution in [0.4, 0.5) is 0 Å². The van der Waals surface area contributed by atoms with E-state index in [0.29, 0.717) is 59.3 Å². The first-order valence-electron chi connectivity index (χ1n) is 14.7. The number of carbonyl (C=O) groups is 2. The van der Waals surface area contributed by atoms with Crippen molar-refractivity contribution in [3.8, 4) is 23.0 Å². The molecule has 2 rings (SSSR count). The molecule has 2 aromatic carbocycles. The smallest absolute Gasteiger partial charge is 0.170 e. The summed E-state index contributed by atoms with van der Waals surface area (Å²) >= 11 is 0. The summed E-state index contributed by atoms with van der Waals surface area (Å²) in [7, 11) is 4.37. The molecule has 0 radical (unpaired) electrons. The van der Waals surface area contributed by atoms with Crippen LogP contribution in [0.5, 0.6) is 23.0 Å². The van der Waals surface area contributed by atoms with Gasteiger partial charge in [-0.15, -0.1) is 0 Å². The average Bonchev–Trinajstić information content (AvgIpc) is 2.89. The van der Waals surface area contributed by atoms with E-state index in [1.165, 1.54) is 0 Å². The quantitative estimate of drug-likeness (QED) is 0.125. The van der Waals surface area contributed by atoms with Crippen molar-refractivity contribution in [2.75, 3.05) is 40.8 Å². The third kappa shape index (κ3) is 10.2. The maximum Gasteiger partial charge on any atom is 0.170 e. The summed E-state index contributed by atoms with van der Waals surface area (Å²) in [6.07, 6.45) is 3.52. The molecule has 0 saturated carbocycles. The number of carbonyl (C=O) groups excluding carboxylic acids is 2. The van der Waals surface area contributed by atoms with Gasteiger partial charge < -0.3 is 23.5 Å². The minimum Gasteiger partial charge on any atom is -0.496 e. The summed E-state index contributed by atoms with van der Waals surface area (Å²) in [4.78, 5) is 26.6. The Hall–Kier alpha value is -2.79. The molecule has 2 unspecified atom stereocenters. The van der Waals surface area contributed by atoms with Crippen LogP contribution >= 0.6 is 7.80 Å². The first kappa shape index (κ1) is 35.4. The van der Waals surface area contributed by atoms with E-state index in [1.807, 2.05) is 0 Å². The van der Waals surface area contributed by atoms with Crippen LogP contribution in [0, 0.1) is 22.7 Å². The van der Waals surface area contributed by atoms with Crippen LogP contribution in [0.1, 0.15) is 87.9 Å². The van der Waals surface area contributed by atoms with Gasteiger partial charge in [-0.3, -0.25) is 9.59 Å². The van der Waals surface area contributed by atoms with Gasteiger partial charge in [0.25, 0.3) is 0 Å². The molecule has 0 saturated heterocycles. The number of benzene rings is 2. The van der Waals surface area contributed by atoms with Gasteiger partial charge in [0.05, 0.1) is 36.2 Å². The summed E-state index contributed by atoms with van der Waals surface area (Å²) in [5, 5.41) is 0. The summed E-state index contributed by atoms with van der Waals surface area (Å²) in [6, 6.07) is 10.7. The Labute approximate surface area is 253 Å². The summed E-state index contributed by atoms with van der Waals surface area (Å²) in [6.45, 7) is 12.6. The lowest BCUT2D eigenvalue weighted by Gasteiger charge is -2.29. The van der Waals surface area contributed by atoms with E-state index < -0.39 is 7.80 Å². The molecule has 0 amide bonds. The van der Waals surface area contributed by atoms with Gasteiger partial charge in [0.15, 0.2) is 11.6 Å². The molecule has 42 heavy (non-hydrogen) atoms. The molecule has 0 aromatic heterocycles. The predicted octanol–water partition coefficient (Wildman–Crippen LogP) is 8.23. The lowest BCUT2D eigenvalue weighted by Crippen LogP contribution is -2.23. The Morgan fingerprint density at radius 2 is 0.929 bits per heavy atom. The number of Topliss-reactive ketones (excluding diaryl/α,β-unsaturated/α-hetero) is 2. The molecule has 0 aliphatic heterocycles. The molecule has 2 aromatic rings. The van der Waals surface area contributed by atoms with Gasteiger partial charge in [-0.2, -0.15) is 0 Å². The first-order valence-corrected chi connectivity index (χ1v) is 16.5. The normalized spacial score (nSPS) is 14.0. The van der Waals surface area contributed by atoms with Crippen molar-refractivity contribution in [1.29, 1.82) is 0 Å². The fourth-order valence-corrected chi connectivity index (χ4v) is 8.34. The molecule has 2 atom stereocenters. The number of hydrogen-bond donors (Lipinski definition) is 0. The second-order valence-corrected chi connectivity index (χ2v) is 15.1. The zero-order valence-corrected chi connectivity index (χ0v) is 28.2. The fraction of sp³-hybridized carbons (Fsp3) is 0.588. The van der Waals surface area contributed by atoms with Crippen LogP contribution in [0.2, 0.25) is 0 Å². The Morgan fingerprint density at radius 1 is 0.643 bits per heavy atom. The monoisotopic (exact) mass is 602 g/mol. The van der Waals surface area contributed by atoms with Crippen molar-refractivity contribution in [1.82, 2.24) is 0 Å². The fourth-order valence-electron chi connectivity index (χ4n) is 6.33. The van der Waals surface area contributed by atoms with E-state index in [9.17, 15) is 14.2 Å². The second-order valence-electron chi connectivity index (χ2n) is 13.2. The lowest BCUT2D eigenvalue weighted by molar-refractivity contribution is 0.0902. The van der Waals surface area contributed by atoms with Crippen LogP contribution in [-0.4, -0.2) is 52.3 Å². The van der Waals surface area contributed by atoms with Crippen molar-refractivity contribution in [3.63, 3.8) is 0 Å². The van der Waals surface area contributed by atoms with Gasteiger partial charge in [0, 0.05) is 25.2 Å². The molecule has 0 heterocycles. The summed E-state index contributed by atoms with van der Waals surface area (Å²) < 4.78 is 34.9. The SMILES string of the molecule is COc1cccc(OC)c1C(=O)CC(C)(C)CC(C)C[PH](=O)CC(C)CC(C)(C)CC(=O)c1c(OC)cccc1OC. The van der Waals surface area contributed by atoms with Crippen molar-refractivity contribution in [2.45, 2.75) is 67.2 Å². The Balaban J connectivity index is 1.94. The van der Waals surface area contributed by atoms with E-state index in [2.05, 4.69) is 41.5 Å². The molecule has 234 valence electrons. The number of ketones is 2. The molecule has 0 N–H and O–H groups in total. The summed E-state index contributed by atoms with van der Waals surface area (Å²) in [5.41, 5.74) is 0.377. The molecule has 0 aliphatic carbocycles. The van der Waals surface area contributed by atoms with Gasteiger partial charge in [-0.05, 0) is 59.8 Å². The van der Waals surface area contributed by atoms with Crippen molar-refractivity contribution >= 4 is 19.4 Å². The molecule has 0 fully saturated rings. The molecule has 0 bridgehead atoms. The molecular weight excluding hydrogens is 551 g/mol. The highest BCUT2D eigenvalue weighted by Crippen LogP contribution is 2.41. The molecule has 8 heteroatoms. The highest BCUT2D eigenvalue weighted by atomic mass is 31.1. The Kier molecular flexibility index (Phi) is 13.2. The Morgan fingerprint density at radius 3 is 1.19 bits per heavy atom. The van der Waals surface area contributed by atoms with Gasteiger partial charge in [-0.1, -0.05) is 53.7 Å². The molecule has 0 spiro atoms. The zero-order valence-electron chi connectivity index (χ0n) is 27.2. The summed E-state index contributed by atoms with van der Waals surface area (Å²) in [5.74, 6) is 2.40. The van der Waals surface area contributed by atoms with Crippen molar-refractivity contribution in [2.24, 2.45) is 22.7 Å². The van der Waals surface area contributed by atoms with Crippen LogP contribution in [0.15, 0.2) is 36.4 Å². The van der Waals surface area contributed by atoms with Crippen LogP contribution in [0.25, 0.3) is 0 Å². The molecular formula is C34H51O7P. The zero-order chi connectivity index (χ0) is 31.7. The van der Waals surface area contributed by atoms with Crippen LogP contribution in [-0.2, 0) is 4.57 Å². The number of rotatable bonds is 18. The number of methoxy groups -OCH3 is 4. The van der Waals surface area contributed by atoms with E-state index >= 15 is 0 Å². The molecule has 7 nitrogen and oxygen atoms in total. The topological polar surface area (TPSA) is 88.1 Å². The van der Waals surface area contributed by atoms with E-state index in [1.54, 1.807) is 64.8 Å². The lowest BCUT2D eigenvalue weighted by atomic mass is 9.78. The van der Waals surface area contributed by atoms with E-state index in [4.69, 9.17) is 18.9 Å². The van der Waals surface area contributed by atoms with Crippen molar-refractivity contribution in [3.05, 3.63) is 47.5 Å². The third-order valence-corrected chi connectivity index (χ3v) is 9.95. The minimum atomic E-state index is -1.83. The second kappa shape index (κ2) is 15.6. The largest absolute Gasteiger partial charge is 0.496 e. The number of hydrogen-bond acceptors (Lipinski definition) is 7. The van der Waals surface area contributed by atoms with E-state index in [0.717, 1.165) is 12.8 Å². The van der Waals surface area contributed by atoms with Crippen molar-refractivity contribution < 1.29 is 33.1 Å². The van der Waals surface area contributed by atoms with Gasteiger partial charge in [0.1, 0.15) is 34.1 Å². The standard InChI is InChI=1S/C34H51O7P/c1-23(17-33(3,4)19-25(35)31-27(38-7)13-11-14-28(31)39-8)21-42(37)22-24(2)18-34(5,6)20-26(36)32-29(40-9)15-12-16-30(32)41-10/h11-16,23-24,42H,17-22H2,1-10H3. The Bertz CT molecular complexity index is 1100. The first-order chi connectivity index (χ1) is 19.7. The van der Waals surface area contributed by atoms with E-state index in [-0.39, 0.29) is 34.2 Å². The van der Waals surface area contributed by atoms with Gasteiger partial charge >= 0.3 is 0 Å². The highest BCUT2D eigenvalue weighted by molar-refractivity contribution is 7.44. The van der Waals surface area contributed by atoms with Gasteiger partial charge in [-0.25, -0.2) is 0 Å². The average molecular weight is 603 g/mol. The maximum absolute atomic E-state index is 13.3. The minimum absolute atomic E-state index is 0.0229. The predicted molar refractivity (Wildman–Crippen MR) is 171 cm³/mol. The number of ether oxygens (including phenoxy) is 4. The van der Waals surface area contributed by atoms with Crippen LogP contribution < -0.4 is 18.9 Å². The maximum atomic E-state index is 13.3. The highest BCUT2D eigenvalue weighted by Gasteiger charge is 2.31. The van der Waals surface area contributed by atoms with Gasteiger partial charge in [0.2, 0.25) is 0 Å².